The highest BCUT2D eigenvalue weighted by molar-refractivity contribution is 7.89. The second kappa shape index (κ2) is 8.88. The zero-order valence-corrected chi connectivity index (χ0v) is 16.6. The number of anilines is 1. The predicted octanol–water partition coefficient (Wildman–Crippen LogP) is 3.03. The van der Waals surface area contributed by atoms with Crippen LogP contribution < -0.4 is 19.5 Å². The van der Waals surface area contributed by atoms with Crippen molar-refractivity contribution < 1.29 is 22.7 Å². The molecule has 27 heavy (non-hydrogen) atoms. The Balaban J connectivity index is 2.28. The van der Waals surface area contributed by atoms with Crippen molar-refractivity contribution >= 4 is 21.6 Å². The molecule has 1 atom stereocenters. The second-order valence-electron chi connectivity index (χ2n) is 5.98. The molecule has 8 heteroatoms. The quantitative estimate of drug-likeness (QED) is 0.720. The lowest BCUT2D eigenvalue weighted by atomic mass is 10.2. The van der Waals surface area contributed by atoms with E-state index in [1.807, 2.05) is 6.92 Å². The Hall–Kier alpha value is -2.58. The summed E-state index contributed by atoms with van der Waals surface area (Å²) < 4.78 is 37.9. The minimum atomic E-state index is -3.70. The van der Waals surface area contributed by atoms with Crippen molar-refractivity contribution in [1.82, 2.24) is 4.72 Å². The lowest BCUT2D eigenvalue weighted by molar-refractivity contribution is 0.102. The molecule has 0 aliphatic rings. The van der Waals surface area contributed by atoms with Crippen LogP contribution in [0, 0.1) is 0 Å². The molecule has 1 unspecified atom stereocenters. The summed E-state index contributed by atoms with van der Waals surface area (Å²) in [6, 6.07) is 10.7. The number of rotatable bonds is 8. The molecule has 2 N–H and O–H groups in total. The summed E-state index contributed by atoms with van der Waals surface area (Å²) in [5.41, 5.74) is 0.639. The van der Waals surface area contributed by atoms with Crippen molar-refractivity contribution in [2.75, 3.05) is 19.5 Å². The van der Waals surface area contributed by atoms with Crippen molar-refractivity contribution in [3.05, 3.63) is 48.0 Å². The maximum absolute atomic E-state index is 12.6. The fraction of sp³-hybridized carbons (Fsp3) is 0.316. The lowest BCUT2D eigenvalue weighted by Gasteiger charge is -2.14. The van der Waals surface area contributed by atoms with Gasteiger partial charge in [0.25, 0.3) is 5.91 Å². The largest absolute Gasteiger partial charge is 0.497 e. The van der Waals surface area contributed by atoms with Crippen molar-refractivity contribution in [2.24, 2.45) is 0 Å². The summed E-state index contributed by atoms with van der Waals surface area (Å²) in [5.74, 6) is 0.564. The maximum atomic E-state index is 12.6. The van der Waals surface area contributed by atoms with Gasteiger partial charge in [0.05, 0.1) is 24.8 Å². The number of methoxy groups -OCH3 is 2. The first kappa shape index (κ1) is 20.7. The van der Waals surface area contributed by atoms with Gasteiger partial charge in [-0.25, -0.2) is 13.1 Å². The molecule has 2 aromatic carbocycles. The van der Waals surface area contributed by atoms with E-state index in [-0.39, 0.29) is 16.5 Å². The Morgan fingerprint density at radius 2 is 1.85 bits per heavy atom. The Morgan fingerprint density at radius 1 is 1.11 bits per heavy atom. The smallest absolute Gasteiger partial charge is 0.255 e. The van der Waals surface area contributed by atoms with E-state index in [9.17, 15) is 13.2 Å². The normalized spacial score (nSPS) is 12.3. The minimum absolute atomic E-state index is 0.0352. The molecule has 146 valence electrons. The fourth-order valence-corrected chi connectivity index (χ4v) is 3.70. The number of hydrogen-bond donors (Lipinski definition) is 2. The van der Waals surface area contributed by atoms with Gasteiger partial charge in [-0.1, -0.05) is 13.0 Å². The first-order chi connectivity index (χ1) is 12.8. The van der Waals surface area contributed by atoms with E-state index in [1.54, 1.807) is 31.2 Å². The summed E-state index contributed by atoms with van der Waals surface area (Å²) in [5, 5.41) is 2.72. The second-order valence-corrected chi connectivity index (χ2v) is 7.69. The van der Waals surface area contributed by atoms with Crippen LogP contribution in [0.3, 0.4) is 0 Å². The number of hydrogen-bond acceptors (Lipinski definition) is 5. The van der Waals surface area contributed by atoms with E-state index in [4.69, 9.17) is 9.47 Å². The molecule has 7 nitrogen and oxygen atoms in total. The van der Waals surface area contributed by atoms with Crippen LogP contribution in [-0.2, 0) is 10.0 Å². The van der Waals surface area contributed by atoms with E-state index in [0.717, 1.165) is 0 Å². The van der Waals surface area contributed by atoms with E-state index in [1.165, 1.54) is 32.4 Å². The van der Waals surface area contributed by atoms with Gasteiger partial charge in [-0.2, -0.15) is 0 Å². The lowest BCUT2D eigenvalue weighted by Crippen LogP contribution is -2.32. The maximum Gasteiger partial charge on any atom is 0.255 e. The summed E-state index contributed by atoms with van der Waals surface area (Å²) in [6.07, 6.45) is 0.662. The van der Waals surface area contributed by atoms with Gasteiger partial charge in [0, 0.05) is 17.7 Å². The molecule has 0 aliphatic heterocycles. The van der Waals surface area contributed by atoms with Crippen molar-refractivity contribution in [3.63, 3.8) is 0 Å². The van der Waals surface area contributed by atoms with Crippen LogP contribution in [0.1, 0.15) is 30.6 Å². The highest BCUT2D eigenvalue weighted by Gasteiger charge is 2.19. The summed E-state index contributed by atoms with van der Waals surface area (Å²) >= 11 is 0. The Morgan fingerprint density at radius 3 is 2.48 bits per heavy atom. The van der Waals surface area contributed by atoms with Crippen LogP contribution in [-0.4, -0.2) is 34.6 Å². The fourth-order valence-electron chi connectivity index (χ4n) is 2.33. The van der Waals surface area contributed by atoms with Crippen LogP contribution in [0.25, 0.3) is 0 Å². The van der Waals surface area contributed by atoms with Crippen molar-refractivity contribution in [1.29, 1.82) is 0 Å². The number of carbonyl (C=O) groups excluding carboxylic acids is 1. The number of nitrogens with one attached hydrogen (secondary N) is 2. The van der Waals surface area contributed by atoms with Gasteiger partial charge in [-0.3, -0.25) is 4.79 Å². The van der Waals surface area contributed by atoms with Gasteiger partial charge in [0.1, 0.15) is 11.5 Å². The van der Waals surface area contributed by atoms with E-state index in [0.29, 0.717) is 23.6 Å². The van der Waals surface area contributed by atoms with Crippen molar-refractivity contribution in [3.8, 4) is 11.5 Å². The summed E-state index contributed by atoms with van der Waals surface area (Å²) in [6.45, 7) is 3.67. The highest BCUT2D eigenvalue weighted by atomic mass is 32.2. The molecule has 1 amide bonds. The topological polar surface area (TPSA) is 93.7 Å². The molecule has 0 heterocycles. The SMILES string of the molecule is CCC(C)NS(=O)(=O)c1cccc(C(=O)Nc2cc(OC)ccc2OC)c1. The first-order valence-corrected chi connectivity index (χ1v) is 9.94. The van der Waals surface area contributed by atoms with Crippen LogP contribution >= 0.6 is 0 Å². The average molecular weight is 392 g/mol. The van der Waals surface area contributed by atoms with Gasteiger partial charge in [-0.05, 0) is 43.7 Å². The van der Waals surface area contributed by atoms with Gasteiger partial charge in [0.2, 0.25) is 10.0 Å². The third kappa shape index (κ3) is 5.21. The zero-order valence-electron chi connectivity index (χ0n) is 15.8. The molecule has 0 fully saturated rings. The first-order valence-electron chi connectivity index (χ1n) is 8.46. The molecule has 0 saturated carbocycles. The zero-order chi connectivity index (χ0) is 20.0. The average Bonchev–Trinajstić information content (AvgIpc) is 2.67. The van der Waals surface area contributed by atoms with Gasteiger partial charge >= 0.3 is 0 Å². The number of benzene rings is 2. The minimum Gasteiger partial charge on any atom is -0.497 e. The third-order valence-corrected chi connectivity index (χ3v) is 5.62. The van der Waals surface area contributed by atoms with Crippen molar-refractivity contribution in [2.45, 2.75) is 31.2 Å². The summed E-state index contributed by atoms with van der Waals surface area (Å²) in [4.78, 5) is 12.7. The summed E-state index contributed by atoms with van der Waals surface area (Å²) in [7, 11) is -0.688. The van der Waals surface area contributed by atoms with Crippen LogP contribution in [0.15, 0.2) is 47.4 Å². The highest BCUT2D eigenvalue weighted by Crippen LogP contribution is 2.29. The molecule has 0 bridgehead atoms. The van der Waals surface area contributed by atoms with Crippen LogP contribution in [0.5, 0.6) is 11.5 Å². The van der Waals surface area contributed by atoms with E-state index >= 15 is 0 Å². The standard InChI is InChI=1S/C19H24N2O5S/c1-5-13(2)21-27(23,24)16-8-6-7-14(11-16)19(22)20-17-12-15(25-3)9-10-18(17)26-4/h6-13,21H,5H2,1-4H3,(H,20,22). The molecular weight excluding hydrogens is 368 g/mol. The number of amides is 1. The van der Waals surface area contributed by atoms with E-state index < -0.39 is 15.9 Å². The van der Waals surface area contributed by atoms with Gasteiger partial charge in [0.15, 0.2) is 0 Å². The van der Waals surface area contributed by atoms with Gasteiger partial charge in [-0.15, -0.1) is 0 Å². The monoisotopic (exact) mass is 392 g/mol. The Labute approximate surface area is 159 Å². The van der Waals surface area contributed by atoms with Crippen LogP contribution in [0.2, 0.25) is 0 Å². The van der Waals surface area contributed by atoms with Crippen LogP contribution in [0.4, 0.5) is 5.69 Å². The number of ether oxygens (including phenoxy) is 2. The molecule has 0 spiro atoms. The molecule has 2 rings (SSSR count). The predicted molar refractivity (Wildman–Crippen MR) is 104 cm³/mol. The molecular formula is C19H24N2O5S. The van der Waals surface area contributed by atoms with E-state index in [2.05, 4.69) is 10.0 Å². The molecule has 0 aromatic heterocycles. The third-order valence-electron chi connectivity index (χ3n) is 4.03. The Bertz CT molecular complexity index is 912. The number of carbonyl (C=O) groups is 1. The Kier molecular flexibility index (Phi) is 6.81. The molecule has 0 aliphatic carbocycles. The number of sulfonamides is 1. The molecule has 0 radical (unpaired) electrons. The van der Waals surface area contributed by atoms with Gasteiger partial charge < -0.3 is 14.8 Å². The molecule has 0 saturated heterocycles. The molecule has 2 aromatic rings.